The van der Waals surface area contributed by atoms with Gasteiger partial charge in [0.25, 0.3) is 5.56 Å². The van der Waals surface area contributed by atoms with Gasteiger partial charge >= 0.3 is 11.7 Å². The van der Waals surface area contributed by atoms with Gasteiger partial charge in [0.1, 0.15) is 12.4 Å². The molecule has 2 aromatic rings. The summed E-state index contributed by atoms with van der Waals surface area (Å²) in [6, 6.07) is 4.32. The Morgan fingerprint density at radius 1 is 1.25 bits per heavy atom. The maximum atomic E-state index is 13.8. The number of benzene rings is 1. The number of rotatable bonds is 5. The third-order valence-corrected chi connectivity index (χ3v) is 3.65. The lowest BCUT2D eigenvalue weighted by Gasteiger charge is -2.14. The number of halogens is 1. The fourth-order valence-electron chi connectivity index (χ4n) is 2.52. The second kappa shape index (κ2) is 6.82. The summed E-state index contributed by atoms with van der Waals surface area (Å²) in [6.45, 7) is 4.79. The second-order valence-corrected chi connectivity index (χ2v) is 6.07. The van der Waals surface area contributed by atoms with Gasteiger partial charge in [0.2, 0.25) is 0 Å². The minimum atomic E-state index is -1.20. The molecular formula is C17H19FN2O4. The minimum absolute atomic E-state index is 0.0116. The van der Waals surface area contributed by atoms with Crippen LogP contribution in [0.25, 0.3) is 11.1 Å². The predicted molar refractivity (Wildman–Crippen MR) is 87.6 cm³/mol. The summed E-state index contributed by atoms with van der Waals surface area (Å²) in [4.78, 5) is 36.1. The van der Waals surface area contributed by atoms with E-state index >= 15 is 0 Å². The average Bonchev–Trinajstić information content (AvgIpc) is 2.49. The Hall–Kier alpha value is -2.70. The van der Waals surface area contributed by atoms with Crippen molar-refractivity contribution in [2.24, 2.45) is 5.92 Å². The molecule has 0 saturated heterocycles. The van der Waals surface area contributed by atoms with Gasteiger partial charge in [0, 0.05) is 12.7 Å². The largest absolute Gasteiger partial charge is 0.480 e. The number of aromatic nitrogens is 2. The Bertz CT molecular complexity index is 896. The van der Waals surface area contributed by atoms with Crippen molar-refractivity contribution in [2.45, 2.75) is 33.9 Å². The van der Waals surface area contributed by atoms with Crippen LogP contribution >= 0.6 is 0 Å². The Balaban J connectivity index is 2.80. The lowest BCUT2D eigenvalue weighted by Crippen LogP contribution is -2.42. The van der Waals surface area contributed by atoms with Crippen LogP contribution in [0.15, 0.2) is 34.0 Å². The van der Waals surface area contributed by atoms with Crippen molar-refractivity contribution in [3.8, 4) is 11.1 Å². The van der Waals surface area contributed by atoms with Crippen molar-refractivity contribution >= 4 is 5.97 Å². The molecule has 24 heavy (non-hydrogen) atoms. The van der Waals surface area contributed by atoms with Crippen molar-refractivity contribution in [1.82, 2.24) is 9.13 Å². The van der Waals surface area contributed by atoms with E-state index in [1.807, 2.05) is 13.8 Å². The number of carbonyl (C=O) groups is 1. The molecule has 0 unspecified atom stereocenters. The Morgan fingerprint density at radius 3 is 2.50 bits per heavy atom. The lowest BCUT2D eigenvalue weighted by molar-refractivity contribution is -0.137. The van der Waals surface area contributed by atoms with Crippen LogP contribution in [-0.4, -0.2) is 20.2 Å². The van der Waals surface area contributed by atoms with Crippen molar-refractivity contribution in [1.29, 1.82) is 0 Å². The molecule has 0 aliphatic heterocycles. The van der Waals surface area contributed by atoms with Gasteiger partial charge in [-0.2, -0.15) is 0 Å². The van der Waals surface area contributed by atoms with Gasteiger partial charge in [-0.3, -0.25) is 18.7 Å². The monoisotopic (exact) mass is 334 g/mol. The molecule has 0 atom stereocenters. The smallest absolute Gasteiger partial charge is 0.331 e. The number of carboxylic acids is 1. The van der Waals surface area contributed by atoms with Crippen LogP contribution in [0.1, 0.15) is 19.4 Å². The van der Waals surface area contributed by atoms with Crippen LogP contribution in [0.2, 0.25) is 0 Å². The van der Waals surface area contributed by atoms with Crippen LogP contribution in [-0.2, 0) is 17.9 Å². The Morgan fingerprint density at radius 2 is 1.92 bits per heavy atom. The molecule has 0 fully saturated rings. The fourth-order valence-corrected chi connectivity index (χ4v) is 2.52. The maximum Gasteiger partial charge on any atom is 0.331 e. The summed E-state index contributed by atoms with van der Waals surface area (Å²) in [6.07, 6.45) is 1.19. The van der Waals surface area contributed by atoms with E-state index in [1.165, 1.54) is 25.3 Å². The van der Waals surface area contributed by atoms with E-state index in [-0.39, 0.29) is 23.6 Å². The standard InChI is InChI=1S/C17H19FN2O4/c1-10(2)7-20-16(23)13(8-19(17(20)24)9-15(21)22)12-5-4-6-14(18)11(12)3/h4-6,8,10H,7,9H2,1-3H3,(H,21,22). The first-order chi connectivity index (χ1) is 11.2. The van der Waals surface area contributed by atoms with Gasteiger partial charge in [0.05, 0.1) is 5.56 Å². The Labute approximate surface area is 137 Å². The summed E-state index contributed by atoms with van der Waals surface area (Å²) in [5, 5.41) is 8.99. The average molecular weight is 334 g/mol. The van der Waals surface area contributed by atoms with Gasteiger partial charge < -0.3 is 5.11 Å². The third kappa shape index (κ3) is 3.45. The Kier molecular flexibility index (Phi) is 5.02. The minimum Gasteiger partial charge on any atom is -0.480 e. The normalized spacial score (nSPS) is 11.0. The topological polar surface area (TPSA) is 81.3 Å². The molecule has 0 aliphatic carbocycles. The molecule has 0 spiro atoms. The quantitative estimate of drug-likeness (QED) is 0.905. The van der Waals surface area contributed by atoms with Crippen molar-refractivity contribution < 1.29 is 14.3 Å². The van der Waals surface area contributed by atoms with E-state index in [2.05, 4.69) is 0 Å². The van der Waals surface area contributed by atoms with Crippen LogP contribution in [0.4, 0.5) is 4.39 Å². The van der Waals surface area contributed by atoms with Gasteiger partial charge in [-0.25, -0.2) is 9.18 Å². The molecule has 0 radical (unpaired) electrons. The molecule has 1 aromatic carbocycles. The number of hydrogen-bond donors (Lipinski definition) is 1. The number of nitrogens with zero attached hydrogens (tertiary/aromatic N) is 2. The number of carboxylic acid groups (broad SMARTS) is 1. The van der Waals surface area contributed by atoms with E-state index in [0.29, 0.717) is 5.56 Å². The van der Waals surface area contributed by atoms with E-state index in [1.54, 1.807) is 6.07 Å². The first-order valence-corrected chi connectivity index (χ1v) is 7.54. The zero-order valence-electron chi connectivity index (χ0n) is 13.7. The summed E-state index contributed by atoms with van der Waals surface area (Å²) in [5.74, 6) is -1.66. The highest BCUT2D eigenvalue weighted by atomic mass is 19.1. The van der Waals surface area contributed by atoms with E-state index in [0.717, 1.165) is 9.13 Å². The molecule has 7 heteroatoms. The summed E-state index contributed by atoms with van der Waals surface area (Å²) in [5.41, 5.74) is -0.519. The van der Waals surface area contributed by atoms with Crippen molar-refractivity contribution in [2.75, 3.05) is 0 Å². The van der Waals surface area contributed by atoms with E-state index in [4.69, 9.17) is 5.11 Å². The summed E-state index contributed by atoms with van der Waals surface area (Å²) in [7, 11) is 0. The lowest BCUT2D eigenvalue weighted by atomic mass is 10.0. The van der Waals surface area contributed by atoms with Crippen LogP contribution in [0, 0.1) is 18.7 Å². The maximum absolute atomic E-state index is 13.8. The first-order valence-electron chi connectivity index (χ1n) is 7.54. The molecule has 0 saturated carbocycles. The molecule has 0 aliphatic rings. The molecule has 1 N–H and O–H groups in total. The molecule has 6 nitrogen and oxygen atoms in total. The van der Waals surface area contributed by atoms with E-state index < -0.39 is 29.6 Å². The van der Waals surface area contributed by atoms with Gasteiger partial charge in [-0.05, 0) is 30.0 Å². The van der Waals surface area contributed by atoms with Crippen molar-refractivity contribution in [3.63, 3.8) is 0 Å². The molecule has 0 amide bonds. The van der Waals surface area contributed by atoms with Crippen LogP contribution in [0.5, 0.6) is 0 Å². The van der Waals surface area contributed by atoms with E-state index in [9.17, 15) is 18.8 Å². The number of hydrogen-bond acceptors (Lipinski definition) is 3. The zero-order valence-corrected chi connectivity index (χ0v) is 13.7. The predicted octanol–water partition coefficient (Wildman–Crippen LogP) is 1.87. The highest BCUT2D eigenvalue weighted by molar-refractivity contribution is 5.68. The third-order valence-electron chi connectivity index (χ3n) is 3.65. The molecular weight excluding hydrogens is 315 g/mol. The summed E-state index contributed by atoms with van der Waals surface area (Å²) < 4.78 is 15.8. The fraction of sp³-hybridized carbons (Fsp3) is 0.353. The summed E-state index contributed by atoms with van der Waals surface area (Å²) >= 11 is 0. The van der Waals surface area contributed by atoms with Crippen LogP contribution in [0.3, 0.4) is 0 Å². The highest BCUT2D eigenvalue weighted by Crippen LogP contribution is 2.21. The van der Waals surface area contributed by atoms with Crippen LogP contribution < -0.4 is 11.2 Å². The highest BCUT2D eigenvalue weighted by Gasteiger charge is 2.17. The molecule has 1 aromatic heterocycles. The zero-order chi connectivity index (χ0) is 18.0. The first kappa shape index (κ1) is 17.7. The number of aliphatic carboxylic acids is 1. The molecule has 128 valence electrons. The van der Waals surface area contributed by atoms with Gasteiger partial charge in [0.15, 0.2) is 0 Å². The molecule has 0 bridgehead atoms. The molecule has 2 rings (SSSR count). The van der Waals surface area contributed by atoms with Gasteiger partial charge in [-0.15, -0.1) is 0 Å². The van der Waals surface area contributed by atoms with Crippen molar-refractivity contribution in [3.05, 3.63) is 56.6 Å². The van der Waals surface area contributed by atoms with Gasteiger partial charge in [-0.1, -0.05) is 26.0 Å². The molecule has 1 heterocycles. The SMILES string of the molecule is Cc1c(F)cccc1-c1cn(CC(=O)O)c(=O)n(CC(C)C)c1=O. The second-order valence-electron chi connectivity index (χ2n) is 6.07.